The molecule has 0 unspecified atom stereocenters. The first-order valence-corrected chi connectivity index (χ1v) is 12.4. The molecule has 1 heterocycles. The molecule has 5 heteroatoms. The van der Waals surface area contributed by atoms with Crippen molar-refractivity contribution in [1.29, 1.82) is 0 Å². The Labute approximate surface area is 206 Å². The normalized spacial score (nSPS) is 18.3. The molecule has 0 radical (unpaired) electrons. The molecule has 0 saturated carbocycles. The van der Waals surface area contributed by atoms with Crippen molar-refractivity contribution < 1.29 is 19.4 Å². The van der Waals surface area contributed by atoms with E-state index in [4.69, 9.17) is 14.6 Å². The molecule has 2 N–H and O–H groups in total. The summed E-state index contributed by atoms with van der Waals surface area (Å²) in [5.41, 5.74) is 7.47. The molecule has 0 bridgehead atoms. The Kier molecular flexibility index (Phi) is 7.26. The first-order valence-electron chi connectivity index (χ1n) is 12.4. The lowest BCUT2D eigenvalue weighted by molar-refractivity contribution is -0.146. The maximum absolute atomic E-state index is 13.1. The fourth-order valence-corrected chi connectivity index (χ4v) is 4.96. The third-order valence-corrected chi connectivity index (χ3v) is 6.72. The predicted molar refractivity (Wildman–Crippen MR) is 136 cm³/mol. The van der Waals surface area contributed by atoms with E-state index >= 15 is 0 Å². The number of aliphatic hydroxyl groups is 1. The predicted octanol–water partition coefficient (Wildman–Crippen LogP) is 5.08. The van der Waals surface area contributed by atoms with E-state index in [1.165, 1.54) is 27.8 Å². The van der Waals surface area contributed by atoms with Gasteiger partial charge in [-0.25, -0.2) is 0 Å². The summed E-state index contributed by atoms with van der Waals surface area (Å²) in [7, 11) is 0. The Bertz CT molecular complexity index is 1200. The molecule has 1 aliphatic heterocycles. The summed E-state index contributed by atoms with van der Waals surface area (Å²) in [5.74, 6) is 0.0733. The third kappa shape index (κ3) is 5.31. The summed E-state index contributed by atoms with van der Waals surface area (Å²) < 4.78 is 12.0. The van der Waals surface area contributed by atoms with E-state index in [9.17, 15) is 4.79 Å². The SMILES string of the molecule is O=C(NCc1ccccc1)C1=C[C@@H](c2cccc3c2Cc2ccccc2-3)C[C@@H](OCCCCO)O1. The van der Waals surface area contributed by atoms with Gasteiger partial charge in [0.05, 0.1) is 6.61 Å². The molecule has 3 aromatic carbocycles. The topological polar surface area (TPSA) is 67.8 Å². The fourth-order valence-electron chi connectivity index (χ4n) is 4.96. The molecule has 0 saturated heterocycles. The summed E-state index contributed by atoms with van der Waals surface area (Å²) in [6, 6.07) is 24.8. The first-order chi connectivity index (χ1) is 17.2. The van der Waals surface area contributed by atoms with Gasteiger partial charge in [0.15, 0.2) is 5.76 Å². The monoisotopic (exact) mass is 469 g/mol. The average Bonchev–Trinajstić information content (AvgIpc) is 3.29. The number of rotatable bonds is 9. The second-order valence-corrected chi connectivity index (χ2v) is 9.10. The van der Waals surface area contributed by atoms with Crippen LogP contribution >= 0.6 is 0 Å². The molecule has 5 rings (SSSR count). The molecule has 2 atom stereocenters. The van der Waals surface area contributed by atoms with Gasteiger partial charge in [-0.3, -0.25) is 4.79 Å². The number of ether oxygens (including phenoxy) is 2. The summed E-state index contributed by atoms with van der Waals surface area (Å²) >= 11 is 0. The van der Waals surface area contributed by atoms with Crippen LogP contribution in [-0.4, -0.2) is 30.5 Å². The standard InChI is InChI=1S/C30H31NO4/c32-15-6-7-16-34-29-19-23(18-28(35-29)30(33)31-20-21-9-2-1-3-10-21)25-13-8-14-26-24-12-5-4-11-22(24)17-27(25)26/h1-5,8-14,18,23,29,32H,6-7,15-17,19-20H2,(H,31,33)/t23-,29+/m1/s1. The number of hydrogen-bond donors (Lipinski definition) is 2. The summed E-state index contributed by atoms with van der Waals surface area (Å²) in [4.78, 5) is 13.1. The van der Waals surface area contributed by atoms with Gasteiger partial charge in [-0.2, -0.15) is 0 Å². The number of hydrogen-bond acceptors (Lipinski definition) is 4. The van der Waals surface area contributed by atoms with E-state index in [1.54, 1.807) is 0 Å². The van der Waals surface area contributed by atoms with Crippen LogP contribution in [0.2, 0.25) is 0 Å². The van der Waals surface area contributed by atoms with Gasteiger partial charge in [-0.15, -0.1) is 0 Å². The molecule has 3 aromatic rings. The second-order valence-electron chi connectivity index (χ2n) is 9.10. The van der Waals surface area contributed by atoms with E-state index in [0.29, 0.717) is 31.8 Å². The van der Waals surface area contributed by atoms with E-state index < -0.39 is 6.29 Å². The number of nitrogens with one attached hydrogen (secondary N) is 1. The van der Waals surface area contributed by atoms with Crippen molar-refractivity contribution in [2.24, 2.45) is 0 Å². The van der Waals surface area contributed by atoms with Crippen molar-refractivity contribution in [1.82, 2.24) is 5.32 Å². The Morgan fingerprint density at radius 2 is 1.77 bits per heavy atom. The molecule has 0 aromatic heterocycles. The van der Waals surface area contributed by atoms with Crippen molar-refractivity contribution in [3.63, 3.8) is 0 Å². The lowest BCUT2D eigenvalue weighted by Gasteiger charge is -2.30. The smallest absolute Gasteiger partial charge is 0.286 e. The third-order valence-electron chi connectivity index (χ3n) is 6.72. The number of fused-ring (bicyclic) bond motifs is 3. The van der Waals surface area contributed by atoms with Crippen molar-refractivity contribution in [2.75, 3.05) is 13.2 Å². The quantitative estimate of drug-likeness (QED) is 0.336. The molecule has 35 heavy (non-hydrogen) atoms. The van der Waals surface area contributed by atoms with Crippen LogP contribution in [0.3, 0.4) is 0 Å². The van der Waals surface area contributed by atoms with Gasteiger partial charge < -0.3 is 19.9 Å². The van der Waals surface area contributed by atoms with Crippen LogP contribution < -0.4 is 5.32 Å². The largest absolute Gasteiger partial charge is 0.459 e. The number of carbonyl (C=O) groups excluding carboxylic acids is 1. The van der Waals surface area contributed by atoms with E-state index in [0.717, 1.165) is 18.4 Å². The van der Waals surface area contributed by atoms with Gasteiger partial charge in [0.1, 0.15) is 0 Å². The van der Waals surface area contributed by atoms with Crippen LogP contribution in [-0.2, 0) is 27.2 Å². The van der Waals surface area contributed by atoms with Crippen molar-refractivity contribution in [3.8, 4) is 11.1 Å². The van der Waals surface area contributed by atoms with Gasteiger partial charge in [-0.1, -0.05) is 72.8 Å². The highest BCUT2D eigenvalue weighted by Crippen LogP contribution is 2.42. The van der Waals surface area contributed by atoms with Gasteiger partial charge in [0.25, 0.3) is 5.91 Å². The fraction of sp³-hybridized carbons (Fsp3) is 0.300. The number of carbonyl (C=O) groups is 1. The Hall–Kier alpha value is -3.41. The maximum atomic E-state index is 13.1. The van der Waals surface area contributed by atoms with Crippen molar-refractivity contribution in [2.45, 2.75) is 44.4 Å². The Morgan fingerprint density at radius 1 is 0.971 bits per heavy atom. The van der Waals surface area contributed by atoms with Crippen LogP contribution in [0.1, 0.15) is 47.4 Å². The minimum Gasteiger partial charge on any atom is -0.459 e. The lowest BCUT2D eigenvalue weighted by Crippen LogP contribution is -2.33. The van der Waals surface area contributed by atoms with Crippen molar-refractivity contribution >= 4 is 5.91 Å². The molecular formula is C30H31NO4. The highest BCUT2D eigenvalue weighted by atomic mass is 16.7. The number of aliphatic hydroxyl groups excluding tert-OH is 1. The minimum absolute atomic E-state index is 0.00771. The summed E-state index contributed by atoms with van der Waals surface area (Å²) in [6.07, 6.45) is 4.40. The molecule has 5 nitrogen and oxygen atoms in total. The molecule has 180 valence electrons. The molecule has 2 aliphatic rings. The van der Waals surface area contributed by atoms with Gasteiger partial charge in [0.2, 0.25) is 6.29 Å². The zero-order valence-electron chi connectivity index (χ0n) is 19.8. The molecule has 0 fully saturated rings. The van der Waals surface area contributed by atoms with Gasteiger partial charge in [0, 0.05) is 25.5 Å². The number of allylic oxidation sites excluding steroid dienone is 1. The van der Waals surface area contributed by atoms with Crippen LogP contribution in [0.15, 0.2) is 84.6 Å². The van der Waals surface area contributed by atoms with Crippen LogP contribution in [0, 0.1) is 0 Å². The minimum atomic E-state index is -0.513. The zero-order chi connectivity index (χ0) is 24.0. The first kappa shape index (κ1) is 23.3. The highest BCUT2D eigenvalue weighted by molar-refractivity contribution is 5.91. The second kappa shape index (κ2) is 10.9. The van der Waals surface area contributed by atoms with Crippen LogP contribution in [0.25, 0.3) is 11.1 Å². The number of amides is 1. The molecule has 1 amide bonds. The van der Waals surface area contributed by atoms with Crippen LogP contribution in [0.5, 0.6) is 0 Å². The Morgan fingerprint density at radius 3 is 2.63 bits per heavy atom. The summed E-state index contributed by atoms with van der Waals surface area (Å²) in [6.45, 7) is 1.06. The number of benzene rings is 3. The van der Waals surface area contributed by atoms with E-state index in [2.05, 4.69) is 47.8 Å². The molecular weight excluding hydrogens is 438 g/mol. The maximum Gasteiger partial charge on any atom is 0.286 e. The highest BCUT2D eigenvalue weighted by Gasteiger charge is 2.31. The van der Waals surface area contributed by atoms with Crippen LogP contribution in [0.4, 0.5) is 0 Å². The zero-order valence-corrected chi connectivity index (χ0v) is 19.8. The Balaban J connectivity index is 1.39. The number of unbranched alkanes of at least 4 members (excludes halogenated alkanes) is 1. The van der Waals surface area contributed by atoms with Gasteiger partial charge in [-0.05, 0) is 58.7 Å². The summed E-state index contributed by atoms with van der Waals surface area (Å²) in [5, 5.41) is 12.1. The van der Waals surface area contributed by atoms with E-state index in [1.807, 2.05) is 36.4 Å². The lowest BCUT2D eigenvalue weighted by atomic mass is 9.87. The molecule has 0 spiro atoms. The van der Waals surface area contributed by atoms with Gasteiger partial charge >= 0.3 is 0 Å². The van der Waals surface area contributed by atoms with Crippen molar-refractivity contribution in [3.05, 3.63) is 107 Å². The average molecular weight is 470 g/mol. The molecule has 1 aliphatic carbocycles. The van der Waals surface area contributed by atoms with E-state index in [-0.39, 0.29) is 18.4 Å².